The molecule has 0 saturated carbocycles. The molecule has 1 saturated heterocycles. The van der Waals surface area contributed by atoms with Gasteiger partial charge in [0.2, 0.25) is 0 Å². The molecule has 0 unspecified atom stereocenters. The van der Waals surface area contributed by atoms with E-state index in [9.17, 15) is 17.6 Å². The molecule has 0 radical (unpaired) electrons. The van der Waals surface area contributed by atoms with Crippen LogP contribution in [0.2, 0.25) is 0 Å². The summed E-state index contributed by atoms with van der Waals surface area (Å²) >= 11 is 0. The molecule has 18 heavy (non-hydrogen) atoms. The second kappa shape index (κ2) is 5.24. The molecule has 1 aliphatic rings. The van der Waals surface area contributed by atoms with E-state index in [1.54, 1.807) is 0 Å². The standard InChI is InChI=1S/C12H13F4NO/c13-11-2-1-8(6-10(11)12(14,15)16)5-9-7-17-3-4-18-9/h1-2,6,9,17H,3-5,7H2/t9-/m1/s1. The van der Waals surface area contributed by atoms with E-state index in [0.29, 0.717) is 25.1 Å². The number of alkyl halides is 3. The quantitative estimate of drug-likeness (QED) is 0.827. The Kier molecular flexibility index (Phi) is 3.87. The van der Waals surface area contributed by atoms with Gasteiger partial charge in [0.1, 0.15) is 5.82 Å². The monoisotopic (exact) mass is 263 g/mol. The molecule has 0 aromatic heterocycles. The Morgan fingerprint density at radius 3 is 2.72 bits per heavy atom. The molecule has 1 heterocycles. The fourth-order valence-corrected chi connectivity index (χ4v) is 1.93. The van der Waals surface area contributed by atoms with Gasteiger partial charge in [-0.15, -0.1) is 0 Å². The second-order valence-corrected chi connectivity index (χ2v) is 4.21. The van der Waals surface area contributed by atoms with E-state index in [4.69, 9.17) is 4.74 Å². The molecule has 1 atom stereocenters. The lowest BCUT2D eigenvalue weighted by molar-refractivity contribution is -0.140. The van der Waals surface area contributed by atoms with E-state index < -0.39 is 17.6 Å². The summed E-state index contributed by atoms with van der Waals surface area (Å²) in [5.74, 6) is -1.24. The first kappa shape index (κ1) is 13.3. The van der Waals surface area contributed by atoms with Crippen molar-refractivity contribution >= 4 is 0 Å². The molecule has 1 aromatic rings. The summed E-state index contributed by atoms with van der Waals surface area (Å²) in [6.45, 7) is 1.88. The number of rotatable bonds is 2. The second-order valence-electron chi connectivity index (χ2n) is 4.21. The Morgan fingerprint density at radius 2 is 2.11 bits per heavy atom. The average Bonchev–Trinajstić information content (AvgIpc) is 2.31. The summed E-state index contributed by atoms with van der Waals surface area (Å²) in [6, 6.07) is 3.07. The highest BCUT2D eigenvalue weighted by molar-refractivity contribution is 5.27. The van der Waals surface area contributed by atoms with Crippen molar-refractivity contribution in [3.63, 3.8) is 0 Å². The Labute approximate surface area is 102 Å². The summed E-state index contributed by atoms with van der Waals surface area (Å²) < 4.78 is 56.1. The van der Waals surface area contributed by atoms with Crippen LogP contribution in [-0.2, 0) is 17.3 Å². The van der Waals surface area contributed by atoms with E-state index in [1.165, 1.54) is 6.07 Å². The van der Waals surface area contributed by atoms with Gasteiger partial charge < -0.3 is 10.1 Å². The molecule has 0 amide bonds. The summed E-state index contributed by atoms with van der Waals surface area (Å²) in [5.41, 5.74) is -0.791. The van der Waals surface area contributed by atoms with E-state index in [0.717, 1.165) is 18.7 Å². The summed E-state index contributed by atoms with van der Waals surface area (Å²) in [7, 11) is 0. The Morgan fingerprint density at radius 1 is 1.33 bits per heavy atom. The smallest absolute Gasteiger partial charge is 0.375 e. The first-order valence-electron chi connectivity index (χ1n) is 5.65. The normalized spacial score (nSPS) is 21.0. The molecule has 1 aliphatic heterocycles. The van der Waals surface area contributed by atoms with Crippen LogP contribution in [0, 0.1) is 5.82 Å². The molecule has 2 rings (SSSR count). The molecule has 6 heteroatoms. The van der Waals surface area contributed by atoms with Crippen LogP contribution in [0.25, 0.3) is 0 Å². The van der Waals surface area contributed by atoms with E-state index in [1.807, 2.05) is 0 Å². The zero-order chi connectivity index (χ0) is 13.2. The van der Waals surface area contributed by atoms with Crippen molar-refractivity contribution in [1.82, 2.24) is 5.32 Å². The fraction of sp³-hybridized carbons (Fsp3) is 0.500. The maximum atomic E-state index is 13.1. The molecule has 2 nitrogen and oxygen atoms in total. The number of halogens is 4. The topological polar surface area (TPSA) is 21.3 Å². The number of ether oxygens (including phenoxy) is 1. The third kappa shape index (κ3) is 3.20. The lowest BCUT2D eigenvalue weighted by Crippen LogP contribution is -2.39. The lowest BCUT2D eigenvalue weighted by atomic mass is 10.0. The highest BCUT2D eigenvalue weighted by atomic mass is 19.4. The molecule has 1 aromatic carbocycles. The van der Waals surface area contributed by atoms with Crippen molar-refractivity contribution in [3.05, 3.63) is 35.1 Å². The summed E-state index contributed by atoms with van der Waals surface area (Å²) in [4.78, 5) is 0. The Balaban J connectivity index is 2.14. The maximum Gasteiger partial charge on any atom is 0.419 e. The van der Waals surface area contributed by atoms with Crippen molar-refractivity contribution in [2.45, 2.75) is 18.7 Å². The molecule has 1 fully saturated rings. The van der Waals surface area contributed by atoms with Gasteiger partial charge in [-0.1, -0.05) is 6.07 Å². The van der Waals surface area contributed by atoms with Crippen molar-refractivity contribution in [2.24, 2.45) is 0 Å². The van der Waals surface area contributed by atoms with Crippen molar-refractivity contribution in [1.29, 1.82) is 0 Å². The first-order chi connectivity index (χ1) is 8.47. The van der Waals surface area contributed by atoms with Gasteiger partial charge in [-0.05, 0) is 24.1 Å². The molecule has 100 valence electrons. The zero-order valence-corrected chi connectivity index (χ0v) is 9.56. The minimum atomic E-state index is -4.66. The van der Waals surface area contributed by atoms with Crippen LogP contribution < -0.4 is 5.32 Å². The van der Waals surface area contributed by atoms with Gasteiger partial charge in [0.25, 0.3) is 0 Å². The van der Waals surface area contributed by atoms with Crippen LogP contribution in [0.3, 0.4) is 0 Å². The van der Waals surface area contributed by atoms with Gasteiger partial charge in [-0.2, -0.15) is 13.2 Å². The van der Waals surface area contributed by atoms with Gasteiger partial charge in [-0.25, -0.2) is 4.39 Å². The first-order valence-corrected chi connectivity index (χ1v) is 5.65. The minimum absolute atomic E-state index is 0.162. The molecule has 0 aliphatic carbocycles. The van der Waals surface area contributed by atoms with Crippen LogP contribution in [0.15, 0.2) is 18.2 Å². The predicted octanol–water partition coefficient (Wildman–Crippen LogP) is 2.38. The maximum absolute atomic E-state index is 13.1. The molecular formula is C12H13F4NO. The van der Waals surface area contributed by atoms with Gasteiger partial charge in [0, 0.05) is 13.1 Å². The Hall–Kier alpha value is -1.14. The SMILES string of the molecule is Fc1ccc(C[C@@H]2CNCCO2)cc1C(F)(F)F. The Bertz CT molecular complexity index is 413. The van der Waals surface area contributed by atoms with E-state index >= 15 is 0 Å². The largest absolute Gasteiger partial charge is 0.419 e. The fourth-order valence-electron chi connectivity index (χ4n) is 1.93. The average molecular weight is 263 g/mol. The zero-order valence-electron chi connectivity index (χ0n) is 9.56. The molecule has 0 spiro atoms. The van der Waals surface area contributed by atoms with Gasteiger partial charge in [-0.3, -0.25) is 0 Å². The number of hydrogen-bond acceptors (Lipinski definition) is 2. The van der Waals surface area contributed by atoms with Crippen LogP contribution in [0.5, 0.6) is 0 Å². The minimum Gasteiger partial charge on any atom is -0.375 e. The third-order valence-electron chi connectivity index (χ3n) is 2.80. The molecular weight excluding hydrogens is 250 g/mol. The number of benzene rings is 1. The van der Waals surface area contributed by atoms with Crippen LogP contribution in [0.1, 0.15) is 11.1 Å². The highest BCUT2D eigenvalue weighted by Crippen LogP contribution is 2.32. The van der Waals surface area contributed by atoms with Crippen molar-refractivity contribution in [2.75, 3.05) is 19.7 Å². The van der Waals surface area contributed by atoms with E-state index in [-0.39, 0.29) is 6.10 Å². The summed E-state index contributed by atoms with van der Waals surface area (Å²) in [5, 5.41) is 3.09. The highest BCUT2D eigenvalue weighted by Gasteiger charge is 2.34. The van der Waals surface area contributed by atoms with Gasteiger partial charge >= 0.3 is 6.18 Å². The third-order valence-corrected chi connectivity index (χ3v) is 2.80. The van der Waals surface area contributed by atoms with Crippen LogP contribution in [-0.4, -0.2) is 25.8 Å². The molecule has 0 bridgehead atoms. The number of nitrogens with one attached hydrogen (secondary N) is 1. The van der Waals surface area contributed by atoms with Gasteiger partial charge in [0.15, 0.2) is 0 Å². The van der Waals surface area contributed by atoms with Crippen molar-refractivity contribution < 1.29 is 22.3 Å². The van der Waals surface area contributed by atoms with Gasteiger partial charge in [0.05, 0.1) is 18.3 Å². The lowest BCUT2D eigenvalue weighted by Gasteiger charge is -2.23. The van der Waals surface area contributed by atoms with Crippen LogP contribution in [0.4, 0.5) is 17.6 Å². The number of morpholine rings is 1. The molecule has 1 N–H and O–H groups in total. The summed E-state index contributed by atoms with van der Waals surface area (Å²) in [6.07, 6.45) is -4.48. The van der Waals surface area contributed by atoms with Crippen LogP contribution >= 0.6 is 0 Å². The predicted molar refractivity (Wildman–Crippen MR) is 57.7 cm³/mol. The van der Waals surface area contributed by atoms with E-state index in [2.05, 4.69) is 5.32 Å². The number of hydrogen-bond donors (Lipinski definition) is 1. The van der Waals surface area contributed by atoms with Crippen molar-refractivity contribution in [3.8, 4) is 0 Å².